The van der Waals surface area contributed by atoms with Crippen molar-refractivity contribution in [3.05, 3.63) is 88.7 Å². The first-order chi connectivity index (χ1) is 13.5. The van der Waals surface area contributed by atoms with E-state index in [0.29, 0.717) is 16.5 Å². The van der Waals surface area contributed by atoms with Gasteiger partial charge in [0, 0.05) is 10.7 Å². The molecule has 0 bridgehead atoms. The largest absolute Gasteiger partial charge is 0.477 e. The smallest absolute Gasteiger partial charge is 0.352 e. The highest BCUT2D eigenvalue weighted by Crippen LogP contribution is 2.32. The molecule has 140 valence electrons. The van der Waals surface area contributed by atoms with E-state index in [9.17, 15) is 14.7 Å². The summed E-state index contributed by atoms with van der Waals surface area (Å²) in [7, 11) is 0. The first kappa shape index (κ1) is 17.8. The van der Waals surface area contributed by atoms with E-state index in [-0.39, 0.29) is 17.2 Å². The number of halogens is 1. The Kier molecular flexibility index (Phi) is 4.58. The van der Waals surface area contributed by atoms with Crippen molar-refractivity contribution in [1.29, 1.82) is 0 Å². The van der Waals surface area contributed by atoms with Gasteiger partial charge in [-0.25, -0.2) is 9.48 Å². The summed E-state index contributed by atoms with van der Waals surface area (Å²) in [6.07, 6.45) is 2.96. The molecule has 1 aliphatic rings. The molecule has 8 heteroatoms. The molecule has 0 aliphatic carbocycles. The van der Waals surface area contributed by atoms with Crippen LogP contribution in [0.25, 0.3) is 0 Å². The summed E-state index contributed by atoms with van der Waals surface area (Å²) >= 11 is 5.96. The minimum atomic E-state index is -1.12. The molecule has 0 saturated heterocycles. The quantitative estimate of drug-likeness (QED) is 0.626. The number of carboxylic acids is 1. The van der Waals surface area contributed by atoms with Crippen LogP contribution >= 0.6 is 11.6 Å². The SMILES string of the molecule is O=C(O)C1=C[C@H](c2ccc(Cl)cc2)n2ncc(C(=O)Nc3ccccc3)c2N1. The molecule has 1 atom stereocenters. The van der Waals surface area contributed by atoms with Crippen molar-refractivity contribution in [2.45, 2.75) is 6.04 Å². The third-order valence-electron chi connectivity index (χ3n) is 4.35. The molecule has 1 aliphatic heterocycles. The highest BCUT2D eigenvalue weighted by atomic mass is 35.5. The molecule has 3 aromatic rings. The fraction of sp³-hybridized carbons (Fsp3) is 0.0500. The number of hydrogen-bond acceptors (Lipinski definition) is 4. The Morgan fingerprint density at radius 2 is 1.82 bits per heavy atom. The second kappa shape index (κ2) is 7.21. The lowest BCUT2D eigenvalue weighted by molar-refractivity contribution is -0.132. The van der Waals surface area contributed by atoms with Crippen LogP contribution in [0.2, 0.25) is 5.02 Å². The zero-order valence-electron chi connectivity index (χ0n) is 14.5. The zero-order chi connectivity index (χ0) is 19.7. The van der Waals surface area contributed by atoms with Gasteiger partial charge in [0.25, 0.3) is 5.91 Å². The highest BCUT2D eigenvalue weighted by molar-refractivity contribution is 6.30. The Labute approximate surface area is 165 Å². The highest BCUT2D eigenvalue weighted by Gasteiger charge is 2.29. The summed E-state index contributed by atoms with van der Waals surface area (Å²) in [5.74, 6) is -1.20. The van der Waals surface area contributed by atoms with E-state index in [1.54, 1.807) is 47.2 Å². The van der Waals surface area contributed by atoms with Crippen LogP contribution in [0.15, 0.2) is 72.6 Å². The topological polar surface area (TPSA) is 96.2 Å². The van der Waals surface area contributed by atoms with Gasteiger partial charge in [0.05, 0.1) is 12.2 Å². The van der Waals surface area contributed by atoms with Crippen LogP contribution in [0.3, 0.4) is 0 Å². The van der Waals surface area contributed by atoms with Crippen LogP contribution in [-0.4, -0.2) is 26.8 Å². The van der Waals surface area contributed by atoms with Crippen LogP contribution in [-0.2, 0) is 4.79 Å². The van der Waals surface area contributed by atoms with Gasteiger partial charge in [-0.2, -0.15) is 5.10 Å². The fourth-order valence-corrected chi connectivity index (χ4v) is 3.13. The molecule has 0 unspecified atom stereocenters. The predicted molar refractivity (Wildman–Crippen MR) is 106 cm³/mol. The molecule has 1 aromatic heterocycles. The lowest BCUT2D eigenvalue weighted by atomic mass is 10.0. The number of benzene rings is 2. The summed E-state index contributed by atoms with van der Waals surface area (Å²) in [6, 6.07) is 15.5. The van der Waals surface area contributed by atoms with Crippen LogP contribution < -0.4 is 10.6 Å². The number of carbonyl (C=O) groups excluding carboxylic acids is 1. The van der Waals surface area contributed by atoms with E-state index in [2.05, 4.69) is 15.7 Å². The molecule has 0 fully saturated rings. The van der Waals surface area contributed by atoms with E-state index in [1.165, 1.54) is 6.20 Å². The third-order valence-corrected chi connectivity index (χ3v) is 4.61. The number of para-hydroxylation sites is 1. The summed E-state index contributed by atoms with van der Waals surface area (Å²) in [5, 5.41) is 20.0. The van der Waals surface area contributed by atoms with Gasteiger partial charge in [-0.05, 0) is 35.9 Å². The number of aliphatic carboxylic acids is 1. The fourth-order valence-electron chi connectivity index (χ4n) is 3.00. The lowest BCUT2D eigenvalue weighted by Crippen LogP contribution is -2.25. The maximum atomic E-state index is 12.7. The average molecular weight is 395 g/mol. The summed E-state index contributed by atoms with van der Waals surface area (Å²) in [5.41, 5.74) is 1.65. The van der Waals surface area contributed by atoms with Crippen molar-refractivity contribution >= 4 is 35.0 Å². The zero-order valence-corrected chi connectivity index (χ0v) is 15.2. The number of aromatic nitrogens is 2. The van der Waals surface area contributed by atoms with Gasteiger partial charge in [-0.3, -0.25) is 4.79 Å². The van der Waals surface area contributed by atoms with Crippen LogP contribution in [0, 0.1) is 0 Å². The number of amides is 1. The van der Waals surface area contributed by atoms with Gasteiger partial charge in [-0.15, -0.1) is 0 Å². The molecule has 0 saturated carbocycles. The van der Waals surface area contributed by atoms with Crippen LogP contribution in [0.4, 0.5) is 11.5 Å². The van der Waals surface area contributed by atoms with Gasteiger partial charge in [0.15, 0.2) is 0 Å². The maximum absolute atomic E-state index is 12.7. The molecular weight excluding hydrogens is 380 g/mol. The Hall–Kier alpha value is -3.58. The van der Waals surface area contributed by atoms with Crippen molar-refractivity contribution in [2.24, 2.45) is 0 Å². The summed E-state index contributed by atoms with van der Waals surface area (Å²) in [4.78, 5) is 24.3. The predicted octanol–water partition coefficient (Wildman–Crippen LogP) is 3.77. The van der Waals surface area contributed by atoms with Gasteiger partial charge in [0.2, 0.25) is 0 Å². The summed E-state index contributed by atoms with van der Waals surface area (Å²) < 4.78 is 1.58. The van der Waals surface area contributed by atoms with Gasteiger partial charge >= 0.3 is 5.97 Å². The average Bonchev–Trinajstić information content (AvgIpc) is 3.13. The minimum Gasteiger partial charge on any atom is -0.477 e. The lowest BCUT2D eigenvalue weighted by Gasteiger charge is -2.24. The van der Waals surface area contributed by atoms with Gasteiger partial charge in [-0.1, -0.05) is 41.9 Å². The number of carboxylic acid groups (broad SMARTS) is 1. The second-order valence-corrected chi connectivity index (χ2v) is 6.61. The standard InChI is InChI=1S/C20H15ClN4O3/c21-13-8-6-12(7-9-13)17-10-16(20(27)28)24-18-15(11-22-25(17)18)19(26)23-14-4-2-1-3-5-14/h1-11,17,24H,(H,23,26)(H,27,28)/t17-/m1/s1. The van der Waals surface area contributed by atoms with Crippen molar-refractivity contribution in [3.8, 4) is 0 Å². The molecule has 1 amide bonds. The Bertz CT molecular complexity index is 1070. The van der Waals surface area contributed by atoms with E-state index in [1.807, 2.05) is 18.2 Å². The number of nitrogens with zero attached hydrogens (tertiary/aromatic N) is 2. The first-order valence-electron chi connectivity index (χ1n) is 8.44. The second-order valence-electron chi connectivity index (χ2n) is 6.18. The minimum absolute atomic E-state index is 0.0262. The third kappa shape index (κ3) is 3.35. The molecule has 0 radical (unpaired) electrons. The van der Waals surface area contributed by atoms with Crippen molar-refractivity contribution in [2.75, 3.05) is 10.6 Å². The van der Waals surface area contributed by atoms with E-state index >= 15 is 0 Å². The molecule has 2 heterocycles. The maximum Gasteiger partial charge on any atom is 0.352 e. The van der Waals surface area contributed by atoms with E-state index in [4.69, 9.17) is 11.6 Å². The van der Waals surface area contributed by atoms with E-state index in [0.717, 1.165) is 5.56 Å². The first-order valence-corrected chi connectivity index (χ1v) is 8.82. The van der Waals surface area contributed by atoms with Crippen molar-refractivity contribution in [3.63, 3.8) is 0 Å². The molecule has 4 rings (SSSR count). The van der Waals surface area contributed by atoms with Gasteiger partial charge in [0.1, 0.15) is 17.1 Å². The Balaban J connectivity index is 1.73. The van der Waals surface area contributed by atoms with E-state index < -0.39 is 12.0 Å². The number of rotatable bonds is 4. The molecule has 0 spiro atoms. The Morgan fingerprint density at radius 3 is 2.50 bits per heavy atom. The monoisotopic (exact) mass is 394 g/mol. The number of hydrogen-bond donors (Lipinski definition) is 3. The number of allylic oxidation sites excluding steroid dienone is 1. The molecule has 2 aromatic carbocycles. The summed E-state index contributed by atoms with van der Waals surface area (Å²) in [6.45, 7) is 0. The van der Waals surface area contributed by atoms with Crippen LogP contribution in [0.1, 0.15) is 22.0 Å². The molecular formula is C20H15ClN4O3. The molecule has 7 nitrogen and oxygen atoms in total. The number of fused-ring (bicyclic) bond motifs is 1. The van der Waals surface area contributed by atoms with Crippen molar-refractivity contribution in [1.82, 2.24) is 9.78 Å². The Morgan fingerprint density at radius 1 is 1.11 bits per heavy atom. The number of carbonyl (C=O) groups is 2. The molecule has 28 heavy (non-hydrogen) atoms. The normalized spacial score (nSPS) is 15.2. The van der Waals surface area contributed by atoms with Gasteiger partial charge < -0.3 is 15.7 Å². The van der Waals surface area contributed by atoms with Crippen molar-refractivity contribution < 1.29 is 14.7 Å². The number of anilines is 2. The number of nitrogens with one attached hydrogen (secondary N) is 2. The van der Waals surface area contributed by atoms with Crippen LogP contribution in [0.5, 0.6) is 0 Å². The molecule has 3 N–H and O–H groups in total.